The van der Waals surface area contributed by atoms with E-state index in [-0.39, 0.29) is 51.8 Å². The van der Waals surface area contributed by atoms with Gasteiger partial charge in [-0.3, -0.25) is 10.2 Å². The maximum atomic E-state index is 12.6. The molecule has 0 saturated carbocycles. The third kappa shape index (κ3) is 3.98. The number of rotatable bonds is 4. The van der Waals surface area contributed by atoms with E-state index in [1.807, 2.05) is 0 Å². The van der Waals surface area contributed by atoms with Gasteiger partial charge in [0.25, 0.3) is 5.52 Å². The molecule has 2 rings (SSSR count). The van der Waals surface area contributed by atoms with Gasteiger partial charge in [0.1, 0.15) is 11.2 Å². The number of thioether (sulfide) groups is 1. The van der Waals surface area contributed by atoms with Crippen molar-refractivity contribution in [2.75, 3.05) is 0 Å². The fraction of sp³-hybridized carbons (Fsp3) is 0.286. The van der Waals surface area contributed by atoms with Gasteiger partial charge in [-0.1, -0.05) is 23.9 Å². The van der Waals surface area contributed by atoms with Crippen LogP contribution in [0.5, 0.6) is 0 Å². The largest absolute Gasteiger partial charge is 0.805 e. The molecule has 0 unspecified atom stereocenters. The van der Waals surface area contributed by atoms with Crippen molar-refractivity contribution in [3.63, 3.8) is 0 Å². The smallest absolute Gasteiger partial charge is 0.347 e. The van der Waals surface area contributed by atoms with Crippen LogP contribution in [0.3, 0.4) is 0 Å². The summed E-state index contributed by atoms with van der Waals surface area (Å²) in [6, 6.07) is 6.03. The van der Waals surface area contributed by atoms with E-state index in [2.05, 4.69) is 5.32 Å². The molecule has 0 aliphatic carbocycles. The fourth-order valence-corrected chi connectivity index (χ4v) is 2.66. The molecule has 0 aliphatic rings. The number of nitrogens with one attached hydrogen (secondary N) is 2. The van der Waals surface area contributed by atoms with Crippen molar-refractivity contribution in [3.05, 3.63) is 45.8 Å². The zero-order chi connectivity index (χ0) is 17.1. The first kappa shape index (κ1) is 19.8. The van der Waals surface area contributed by atoms with Crippen molar-refractivity contribution in [2.45, 2.75) is 25.6 Å². The van der Waals surface area contributed by atoms with Gasteiger partial charge in [0.05, 0.1) is 4.43 Å². The second kappa shape index (κ2) is 8.02. The van der Waals surface area contributed by atoms with Crippen molar-refractivity contribution in [2.24, 2.45) is 5.73 Å². The van der Waals surface area contributed by atoms with Crippen molar-refractivity contribution >= 4 is 46.3 Å². The van der Waals surface area contributed by atoms with Crippen LogP contribution in [-0.4, -0.2) is 21.8 Å². The van der Waals surface area contributed by atoms with Crippen molar-refractivity contribution < 1.29 is 9.22 Å². The summed E-state index contributed by atoms with van der Waals surface area (Å²) >= 11 is 0.874. The molecular formula is C14H18ClN5O3S. The first-order chi connectivity index (χ1) is 10.8. The van der Waals surface area contributed by atoms with Crippen molar-refractivity contribution in [1.82, 2.24) is 10.0 Å². The zero-order valence-electron chi connectivity index (χ0n) is 13.1. The summed E-state index contributed by atoms with van der Waals surface area (Å²) in [7, 11) is 0. The van der Waals surface area contributed by atoms with E-state index in [1.54, 1.807) is 26.0 Å². The number of halogens is 1. The molecule has 0 fully saturated rings. The molecule has 0 radical (unpaired) electrons. The molecular weight excluding hydrogens is 354 g/mol. The number of amidine groups is 1. The monoisotopic (exact) mass is 371 g/mol. The van der Waals surface area contributed by atoms with Gasteiger partial charge < -0.3 is 21.0 Å². The Bertz CT molecular complexity index is 837. The highest BCUT2D eigenvalue weighted by Crippen LogP contribution is 2.19. The summed E-state index contributed by atoms with van der Waals surface area (Å²) in [4.78, 5) is 24.9. The molecule has 10 heteroatoms. The highest BCUT2D eigenvalue weighted by molar-refractivity contribution is 8.13. The van der Waals surface area contributed by atoms with Crippen LogP contribution < -0.4 is 15.5 Å². The average molecular weight is 372 g/mol. The predicted octanol–water partition coefficient (Wildman–Crippen LogP) is 1.59. The first-order valence-electron chi connectivity index (χ1n) is 6.87. The molecule has 1 aromatic heterocycles. The number of carbonyl (C=O) groups is 1. The quantitative estimate of drug-likeness (QED) is 0.426. The Morgan fingerprint density at radius 1 is 1.46 bits per heavy atom. The number of hydrogen-bond acceptors (Lipinski definition) is 5. The topological polar surface area (TPSA) is 130 Å². The highest BCUT2D eigenvalue weighted by atomic mass is 35.5. The second-order valence-electron chi connectivity index (χ2n) is 5.15. The van der Waals surface area contributed by atoms with Crippen LogP contribution in [0.25, 0.3) is 11.0 Å². The maximum absolute atomic E-state index is 12.6. The zero-order valence-corrected chi connectivity index (χ0v) is 14.7. The Balaban J connectivity index is 0.00000288. The molecule has 0 saturated heterocycles. The minimum Gasteiger partial charge on any atom is -0.805 e. The van der Waals surface area contributed by atoms with Gasteiger partial charge >= 0.3 is 11.6 Å². The number of para-hydroxylation sites is 2. The molecule has 0 bridgehead atoms. The summed E-state index contributed by atoms with van der Waals surface area (Å²) in [5.74, 6) is -0.684. The molecule has 130 valence electrons. The minimum absolute atomic E-state index is 0. The Morgan fingerprint density at radius 3 is 2.67 bits per heavy atom. The Hall–Kier alpha value is -2.26. The van der Waals surface area contributed by atoms with Gasteiger partial charge in [-0.2, -0.15) is 0 Å². The van der Waals surface area contributed by atoms with Gasteiger partial charge in [0.15, 0.2) is 5.17 Å². The normalized spacial score (nSPS) is 10.5. The Kier molecular flexibility index (Phi) is 6.61. The van der Waals surface area contributed by atoms with Crippen LogP contribution in [0, 0.1) is 15.5 Å². The van der Waals surface area contributed by atoms with E-state index >= 15 is 0 Å². The third-order valence-electron chi connectivity index (χ3n) is 3.04. The molecule has 0 aliphatic heterocycles. The van der Waals surface area contributed by atoms with E-state index in [0.717, 1.165) is 11.8 Å². The van der Waals surface area contributed by atoms with E-state index in [9.17, 15) is 14.9 Å². The summed E-state index contributed by atoms with van der Waals surface area (Å²) in [5, 5.41) is 22.2. The van der Waals surface area contributed by atoms with E-state index in [4.69, 9.17) is 11.1 Å². The van der Waals surface area contributed by atoms with Crippen LogP contribution in [0.4, 0.5) is 0 Å². The number of benzene rings is 1. The van der Waals surface area contributed by atoms with Crippen LogP contribution >= 0.6 is 24.2 Å². The molecule has 0 atom stereocenters. The Labute approximate surface area is 148 Å². The number of nitrogens with zero attached hydrogens (tertiary/aromatic N) is 2. The SMILES string of the molecule is CC(C)NC(=O)c1c(CSC(=N)N)n([O-])c2ccccc2[n+]1=O.Cl. The summed E-state index contributed by atoms with van der Waals surface area (Å²) in [5.41, 5.74) is 5.25. The van der Waals surface area contributed by atoms with Gasteiger partial charge in [0, 0.05) is 22.8 Å². The fourth-order valence-electron chi connectivity index (χ4n) is 2.11. The van der Waals surface area contributed by atoms with E-state index in [1.165, 1.54) is 12.1 Å². The van der Waals surface area contributed by atoms with Crippen molar-refractivity contribution in [1.29, 1.82) is 5.41 Å². The standard InChI is InChI=1S/C14H17N5O3S.ClH/c1-8(2)17-13(20)12-11(7-23-14(15)16)18(21)9-5-3-4-6-10(9)19(12)22;/h3-6,8H,7H2,1-2H3,(H3,15,16)(H,17,20);1H. The van der Waals surface area contributed by atoms with Gasteiger partial charge in [-0.25, -0.2) is 0 Å². The molecule has 1 aromatic carbocycles. The van der Waals surface area contributed by atoms with Crippen molar-refractivity contribution in [3.8, 4) is 0 Å². The molecule has 1 amide bonds. The van der Waals surface area contributed by atoms with Gasteiger partial charge in [-0.15, -0.1) is 12.4 Å². The van der Waals surface area contributed by atoms with Crippen LogP contribution in [-0.2, 0) is 5.75 Å². The molecule has 8 nitrogen and oxygen atoms in total. The number of fused-ring (bicyclic) bond motifs is 1. The number of aromatic nitrogens is 2. The minimum atomic E-state index is -0.635. The molecule has 2 aromatic rings. The lowest BCUT2D eigenvalue weighted by Gasteiger charge is -2.18. The predicted molar refractivity (Wildman–Crippen MR) is 97.1 cm³/mol. The average Bonchev–Trinajstić information content (AvgIpc) is 2.48. The maximum Gasteiger partial charge on any atom is 0.347 e. The Morgan fingerprint density at radius 2 is 2.08 bits per heavy atom. The summed E-state index contributed by atoms with van der Waals surface area (Å²) < 4.78 is 1.01. The number of hydrogen-bond donors (Lipinski definition) is 3. The van der Waals surface area contributed by atoms with Gasteiger partial charge in [-0.05, 0) is 19.9 Å². The van der Waals surface area contributed by atoms with E-state index in [0.29, 0.717) is 9.16 Å². The molecule has 1 heterocycles. The second-order valence-corrected chi connectivity index (χ2v) is 6.17. The van der Waals surface area contributed by atoms with Gasteiger partial charge in [0.2, 0.25) is 0 Å². The van der Waals surface area contributed by atoms with E-state index < -0.39 is 5.91 Å². The summed E-state index contributed by atoms with van der Waals surface area (Å²) in [6.45, 7) is 3.51. The van der Waals surface area contributed by atoms with Crippen LogP contribution in [0.15, 0.2) is 24.3 Å². The first-order valence-corrected chi connectivity index (χ1v) is 7.86. The lowest BCUT2D eigenvalue weighted by Crippen LogP contribution is -2.40. The molecule has 0 spiro atoms. The number of carbonyl (C=O) groups excluding carboxylic acids is 1. The summed E-state index contributed by atoms with van der Waals surface area (Å²) in [6.07, 6.45) is 0. The lowest BCUT2D eigenvalue weighted by atomic mass is 10.2. The third-order valence-corrected chi connectivity index (χ3v) is 3.77. The molecule has 24 heavy (non-hydrogen) atoms. The number of amides is 1. The number of nitrogens with two attached hydrogens (primary N) is 1. The van der Waals surface area contributed by atoms with Crippen LogP contribution in [0.2, 0.25) is 0 Å². The highest BCUT2D eigenvalue weighted by Gasteiger charge is 2.29. The van der Waals surface area contributed by atoms with Crippen LogP contribution in [0.1, 0.15) is 30.0 Å². The lowest BCUT2D eigenvalue weighted by molar-refractivity contribution is -0.468. The molecule has 4 N–H and O–H groups in total.